The molecule has 10 N–H and O–H groups in total. The van der Waals surface area contributed by atoms with E-state index in [2.05, 4.69) is 35.1 Å². The van der Waals surface area contributed by atoms with Crippen molar-refractivity contribution < 1.29 is 24.6 Å². The van der Waals surface area contributed by atoms with Gasteiger partial charge < -0.3 is 41.7 Å². The van der Waals surface area contributed by atoms with Crippen LogP contribution in [0.15, 0.2) is 18.2 Å². The van der Waals surface area contributed by atoms with E-state index in [1.54, 1.807) is 12.1 Å². The summed E-state index contributed by atoms with van der Waals surface area (Å²) in [5.74, 6) is -0.868. The molecule has 1 aromatic rings. The van der Waals surface area contributed by atoms with Gasteiger partial charge in [-0.1, -0.05) is 46.2 Å². The molecular weight excluding hydrogens is 542 g/mol. The Balaban J connectivity index is 1.43. The van der Waals surface area contributed by atoms with E-state index in [4.69, 9.17) is 21.3 Å². The zero-order valence-electron chi connectivity index (χ0n) is 24.7. The van der Waals surface area contributed by atoms with Crippen LogP contribution in [0.4, 0.5) is 0 Å². The highest BCUT2D eigenvalue weighted by Crippen LogP contribution is 2.48. The molecule has 3 fully saturated rings. The first-order chi connectivity index (χ1) is 19.7. The first-order valence-corrected chi connectivity index (χ1v) is 14.5. The molecule has 0 aliphatic carbocycles. The smallest absolute Gasteiger partial charge is 0.255 e. The monoisotopic (exact) mass is 585 g/mol. The molecule has 5 rings (SSSR count). The van der Waals surface area contributed by atoms with Gasteiger partial charge in [0.15, 0.2) is 11.6 Å². The van der Waals surface area contributed by atoms with Gasteiger partial charge in [0.1, 0.15) is 11.4 Å². The van der Waals surface area contributed by atoms with Crippen LogP contribution in [0, 0.1) is 16.7 Å². The molecule has 2 amide bonds. The summed E-state index contributed by atoms with van der Waals surface area (Å²) in [5, 5.41) is 52.9. The van der Waals surface area contributed by atoms with E-state index < -0.39 is 41.3 Å². The predicted molar refractivity (Wildman–Crippen MR) is 154 cm³/mol. The van der Waals surface area contributed by atoms with Crippen LogP contribution in [0.1, 0.15) is 63.4 Å². The summed E-state index contributed by atoms with van der Waals surface area (Å²) < 4.78 is 5.93. The number of rotatable bonds is 7. The molecule has 14 heteroatoms. The first kappa shape index (κ1) is 29.9. The van der Waals surface area contributed by atoms with Crippen molar-refractivity contribution in [2.75, 3.05) is 19.7 Å². The van der Waals surface area contributed by atoms with Gasteiger partial charge in [-0.2, -0.15) is 5.06 Å². The fourth-order valence-electron chi connectivity index (χ4n) is 6.81. The number of carbonyl (C=O) groups excluding carboxylic acids is 2. The number of ether oxygens (including phenoxy) is 1. The quantitative estimate of drug-likeness (QED) is 0.202. The summed E-state index contributed by atoms with van der Waals surface area (Å²) in [6.07, 6.45) is 1.54. The molecule has 7 atom stereocenters. The van der Waals surface area contributed by atoms with Crippen molar-refractivity contribution in [3.8, 4) is 5.75 Å². The number of guanidine groups is 2. The lowest BCUT2D eigenvalue weighted by Crippen LogP contribution is -2.81. The topological polar surface area (TPSA) is 212 Å². The normalized spacial score (nSPS) is 32.4. The molecule has 42 heavy (non-hydrogen) atoms. The van der Waals surface area contributed by atoms with Crippen molar-refractivity contribution in [2.24, 2.45) is 11.7 Å². The molecule has 1 aromatic carbocycles. The Bertz CT molecular complexity index is 1300. The van der Waals surface area contributed by atoms with Crippen molar-refractivity contribution in [1.82, 2.24) is 31.2 Å². The number of amides is 2. The van der Waals surface area contributed by atoms with Crippen LogP contribution in [-0.4, -0.2) is 99.1 Å². The molecule has 4 aliphatic heterocycles. The highest BCUT2D eigenvalue weighted by Gasteiger charge is 2.75. The Labute approximate surface area is 245 Å². The summed E-state index contributed by atoms with van der Waals surface area (Å²) in [7, 11) is 0. The van der Waals surface area contributed by atoms with Gasteiger partial charge in [-0.25, -0.2) is 0 Å². The van der Waals surface area contributed by atoms with Crippen LogP contribution >= 0.6 is 0 Å². The molecule has 4 aliphatic rings. The molecule has 14 nitrogen and oxygen atoms in total. The van der Waals surface area contributed by atoms with Crippen molar-refractivity contribution in [1.29, 1.82) is 10.8 Å². The minimum absolute atomic E-state index is 0.0100. The summed E-state index contributed by atoms with van der Waals surface area (Å²) in [6.45, 7) is 9.95. The maximum absolute atomic E-state index is 13.7. The predicted octanol–water partition coefficient (Wildman–Crippen LogP) is -0.398. The van der Waals surface area contributed by atoms with Crippen LogP contribution in [0.3, 0.4) is 0 Å². The first-order valence-electron chi connectivity index (χ1n) is 14.5. The van der Waals surface area contributed by atoms with Crippen LogP contribution in [0.25, 0.3) is 0 Å². The van der Waals surface area contributed by atoms with Crippen LogP contribution < -0.4 is 31.7 Å². The summed E-state index contributed by atoms with van der Waals surface area (Å²) in [6, 6.07) is 2.16. The van der Waals surface area contributed by atoms with E-state index in [0.29, 0.717) is 23.0 Å². The lowest BCUT2D eigenvalue weighted by molar-refractivity contribution is -0.218. The maximum Gasteiger partial charge on any atom is 0.255 e. The SMILES string of the molecule is CC[C@H](C)[C@H](N)C(=O)NCC1NC(=N)N2C[C@H](NC(=O)c3cccc4c3OCCC4(C)C)[C@](C)(O)C23C1NC(=N)N3O. The fraction of sp³-hybridized carbons (Fsp3) is 0.643. The number of nitrogens with zero attached hydrogens (tertiary/aromatic N) is 2. The average Bonchev–Trinajstić information content (AvgIpc) is 3.35. The third kappa shape index (κ3) is 4.26. The summed E-state index contributed by atoms with van der Waals surface area (Å²) in [5.41, 5.74) is 3.56. The summed E-state index contributed by atoms with van der Waals surface area (Å²) in [4.78, 5) is 27.9. The van der Waals surface area contributed by atoms with E-state index in [1.165, 1.54) is 11.8 Å². The van der Waals surface area contributed by atoms with E-state index in [9.17, 15) is 19.9 Å². The Morgan fingerprint density at radius 1 is 1.24 bits per heavy atom. The number of fused-ring (bicyclic) bond motifs is 1. The molecule has 1 spiro atoms. The molecular formula is C28H43N9O5. The lowest BCUT2D eigenvalue weighted by atomic mass is 9.77. The lowest BCUT2D eigenvalue weighted by Gasteiger charge is -2.54. The van der Waals surface area contributed by atoms with Gasteiger partial charge in [0.2, 0.25) is 11.9 Å². The molecule has 4 heterocycles. The maximum atomic E-state index is 13.7. The molecule has 230 valence electrons. The Morgan fingerprint density at radius 3 is 2.64 bits per heavy atom. The van der Waals surface area contributed by atoms with Crippen molar-refractivity contribution >= 4 is 23.7 Å². The van der Waals surface area contributed by atoms with Crippen molar-refractivity contribution in [3.63, 3.8) is 0 Å². The standard InChI is InChI=1S/C28H43N9O5/c1-6-14(2)19(29)23(39)32-12-17-21-28(37(41)25(31)35-21)27(5,40)18(13-36(28)24(30)33-17)34-22(38)15-8-7-9-16-20(15)42-11-10-26(16,3)4/h7-9,14,17-19,21,40-41H,6,10-13,29H2,1-5H3,(H2,30,33)(H2,31,35)(H,32,39)(H,34,38)/t14-,17?,18-,19-,21?,27-,28?/m0/s1. The zero-order chi connectivity index (χ0) is 30.8. The van der Waals surface area contributed by atoms with Gasteiger partial charge in [0.25, 0.3) is 5.91 Å². The minimum atomic E-state index is -1.88. The second-order valence-electron chi connectivity index (χ2n) is 12.7. The van der Waals surface area contributed by atoms with Crippen molar-refractivity contribution in [3.05, 3.63) is 29.3 Å². The Morgan fingerprint density at radius 2 is 1.95 bits per heavy atom. The molecule has 0 aromatic heterocycles. The largest absolute Gasteiger partial charge is 0.492 e. The molecule has 0 bridgehead atoms. The number of benzene rings is 1. The number of hydrogen-bond acceptors (Lipinski definition) is 8. The van der Waals surface area contributed by atoms with E-state index in [-0.39, 0.29) is 42.2 Å². The van der Waals surface area contributed by atoms with Gasteiger partial charge in [0, 0.05) is 18.7 Å². The Hall–Kier alpha value is -3.62. The average molecular weight is 586 g/mol. The zero-order valence-corrected chi connectivity index (χ0v) is 24.7. The van der Waals surface area contributed by atoms with Gasteiger partial charge in [-0.05, 0) is 30.7 Å². The third-order valence-corrected chi connectivity index (χ3v) is 9.78. The molecule has 0 radical (unpaired) electrons. The highest BCUT2D eigenvalue weighted by atomic mass is 16.5. The number of aliphatic hydroxyl groups is 1. The second kappa shape index (κ2) is 10.3. The molecule has 0 saturated carbocycles. The van der Waals surface area contributed by atoms with Crippen LogP contribution in [0.5, 0.6) is 5.75 Å². The van der Waals surface area contributed by atoms with Gasteiger partial charge in [0.05, 0.1) is 36.3 Å². The van der Waals surface area contributed by atoms with Gasteiger partial charge in [-0.3, -0.25) is 25.6 Å². The number of nitrogens with two attached hydrogens (primary N) is 1. The van der Waals surface area contributed by atoms with E-state index >= 15 is 0 Å². The fourth-order valence-corrected chi connectivity index (χ4v) is 6.81. The van der Waals surface area contributed by atoms with E-state index in [0.717, 1.165) is 18.4 Å². The number of para-hydroxylation sites is 1. The molecule has 3 unspecified atom stereocenters. The van der Waals surface area contributed by atoms with Crippen LogP contribution in [0.2, 0.25) is 0 Å². The van der Waals surface area contributed by atoms with Crippen LogP contribution in [-0.2, 0) is 10.2 Å². The molecule has 3 saturated heterocycles. The number of nitrogens with one attached hydrogen (secondary N) is 6. The van der Waals surface area contributed by atoms with Crippen molar-refractivity contribution in [2.45, 2.75) is 88.3 Å². The minimum Gasteiger partial charge on any atom is -0.492 e. The number of hydroxylamine groups is 2. The van der Waals surface area contributed by atoms with E-state index in [1.807, 2.05) is 19.9 Å². The third-order valence-electron chi connectivity index (χ3n) is 9.78. The number of carbonyl (C=O) groups is 2. The Kier molecular flexibility index (Phi) is 7.31. The summed E-state index contributed by atoms with van der Waals surface area (Å²) >= 11 is 0. The van der Waals surface area contributed by atoms with Gasteiger partial charge in [-0.15, -0.1) is 0 Å². The highest BCUT2D eigenvalue weighted by molar-refractivity contribution is 5.98. The second-order valence-corrected chi connectivity index (χ2v) is 12.7. The van der Waals surface area contributed by atoms with Gasteiger partial charge >= 0.3 is 0 Å². The number of hydrogen-bond donors (Lipinski definition) is 9.